The molecule has 2 rings (SSSR count). The van der Waals surface area contributed by atoms with Gasteiger partial charge in [0.1, 0.15) is 5.58 Å². The molecule has 1 aromatic heterocycles. The number of fused-ring (bicyclic) bond motifs is 1. The average molecular weight is 288 g/mol. The van der Waals surface area contributed by atoms with Crippen molar-refractivity contribution in [2.75, 3.05) is 0 Å². The molecule has 0 radical (unpaired) electrons. The van der Waals surface area contributed by atoms with Gasteiger partial charge >= 0.3 is 5.97 Å². The van der Waals surface area contributed by atoms with Crippen LogP contribution < -0.4 is 0 Å². The van der Waals surface area contributed by atoms with Gasteiger partial charge in [-0.15, -0.1) is 0 Å². The number of hydrogen-bond donors (Lipinski definition) is 1. The lowest BCUT2D eigenvalue weighted by Gasteiger charge is -2.24. The van der Waals surface area contributed by atoms with Crippen molar-refractivity contribution in [1.29, 1.82) is 0 Å². The van der Waals surface area contributed by atoms with E-state index in [0.717, 1.165) is 17.4 Å². The Bertz CT molecular complexity index is 684. The molecule has 1 heterocycles. The van der Waals surface area contributed by atoms with E-state index in [-0.39, 0.29) is 16.6 Å². The summed E-state index contributed by atoms with van der Waals surface area (Å²) in [6.07, 6.45) is 1.02. The molecule has 1 aromatic carbocycles. The number of rotatable bonds is 3. The second-order valence-electron chi connectivity index (χ2n) is 7.31. The largest absolute Gasteiger partial charge is 0.475 e. The van der Waals surface area contributed by atoms with Crippen molar-refractivity contribution in [3.63, 3.8) is 0 Å². The smallest absolute Gasteiger partial charge is 0.372 e. The van der Waals surface area contributed by atoms with Crippen molar-refractivity contribution < 1.29 is 14.3 Å². The van der Waals surface area contributed by atoms with E-state index >= 15 is 0 Å². The van der Waals surface area contributed by atoms with Gasteiger partial charge < -0.3 is 9.52 Å². The quantitative estimate of drug-likeness (QED) is 0.853. The molecule has 0 saturated carbocycles. The Balaban J connectivity index is 2.80. The molecule has 2 aromatic rings. The summed E-state index contributed by atoms with van der Waals surface area (Å²) in [5.74, 6) is -0.948. The fourth-order valence-corrected chi connectivity index (χ4v) is 2.62. The molecule has 0 aliphatic rings. The van der Waals surface area contributed by atoms with E-state index in [9.17, 15) is 9.90 Å². The lowest BCUT2D eigenvalue weighted by Crippen LogP contribution is -2.17. The second kappa shape index (κ2) is 4.90. The Kier molecular flexibility index (Phi) is 3.64. The summed E-state index contributed by atoms with van der Waals surface area (Å²) in [5.41, 5.74) is 2.41. The van der Waals surface area contributed by atoms with Gasteiger partial charge in [0.2, 0.25) is 5.76 Å². The number of furan rings is 1. The lowest BCUT2D eigenvalue weighted by atomic mass is 9.80. The molecular weight excluding hydrogens is 264 g/mol. The molecule has 0 aliphatic carbocycles. The first-order valence-electron chi connectivity index (χ1n) is 7.38. The molecule has 21 heavy (non-hydrogen) atoms. The first-order chi connectivity index (χ1) is 9.58. The van der Waals surface area contributed by atoms with Gasteiger partial charge in [0, 0.05) is 10.9 Å². The average Bonchev–Trinajstić information content (AvgIpc) is 2.76. The number of carbonyl (C=O) groups is 1. The summed E-state index contributed by atoms with van der Waals surface area (Å²) in [7, 11) is 0. The summed E-state index contributed by atoms with van der Waals surface area (Å²) < 4.78 is 5.59. The van der Waals surface area contributed by atoms with Gasteiger partial charge in [-0.2, -0.15) is 0 Å². The van der Waals surface area contributed by atoms with E-state index in [1.165, 1.54) is 5.56 Å². The summed E-state index contributed by atoms with van der Waals surface area (Å²) in [6.45, 7) is 12.6. The minimum atomic E-state index is -1.01. The van der Waals surface area contributed by atoms with Crippen LogP contribution in [0.2, 0.25) is 0 Å². The third-order valence-electron chi connectivity index (χ3n) is 4.30. The van der Waals surface area contributed by atoms with Crippen molar-refractivity contribution in [3.05, 3.63) is 35.1 Å². The Hall–Kier alpha value is -1.77. The highest BCUT2D eigenvalue weighted by Crippen LogP contribution is 2.38. The third-order valence-corrected chi connectivity index (χ3v) is 4.30. The highest BCUT2D eigenvalue weighted by Gasteiger charge is 2.30. The van der Waals surface area contributed by atoms with E-state index in [2.05, 4.69) is 26.8 Å². The molecule has 0 fully saturated rings. The molecule has 0 unspecified atom stereocenters. The lowest BCUT2D eigenvalue weighted by molar-refractivity contribution is 0.0661. The number of aromatic carboxylic acids is 1. The van der Waals surface area contributed by atoms with Crippen molar-refractivity contribution in [3.8, 4) is 0 Å². The Morgan fingerprint density at radius 2 is 1.81 bits per heavy atom. The monoisotopic (exact) mass is 288 g/mol. The number of carboxylic acids is 1. The highest BCUT2D eigenvalue weighted by molar-refractivity contribution is 5.96. The predicted molar refractivity (Wildman–Crippen MR) is 85.2 cm³/mol. The third kappa shape index (κ3) is 2.69. The minimum Gasteiger partial charge on any atom is -0.475 e. The number of hydrogen-bond acceptors (Lipinski definition) is 2. The molecule has 3 heteroatoms. The van der Waals surface area contributed by atoms with E-state index in [0.29, 0.717) is 5.58 Å². The van der Waals surface area contributed by atoms with Gasteiger partial charge in [-0.05, 0) is 34.9 Å². The maximum Gasteiger partial charge on any atom is 0.372 e. The van der Waals surface area contributed by atoms with Gasteiger partial charge in [-0.25, -0.2) is 4.79 Å². The number of carboxylic acid groups (broad SMARTS) is 1. The number of benzene rings is 1. The van der Waals surface area contributed by atoms with Gasteiger partial charge in [0.15, 0.2) is 0 Å². The zero-order valence-corrected chi connectivity index (χ0v) is 13.7. The molecule has 0 bridgehead atoms. The minimum absolute atomic E-state index is 0.0592. The van der Waals surface area contributed by atoms with Crippen LogP contribution in [-0.2, 0) is 10.8 Å². The molecular formula is C18H24O3. The molecule has 114 valence electrons. The zero-order chi connectivity index (χ0) is 16.0. The predicted octanol–water partition coefficient (Wildman–Crippen LogP) is 5.12. The van der Waals surface area contributed by atoms with E-state index in [1.54, 1.807) is 0 Å². The topological polar surface area (TPSA) is 50.4 Å². The zero-order valence-electron chi connectivity index (χ0n) is 13.7. The van der Waals surface area contributed by atoms with Crippen molar-refractivity contribution in [2.24, 2.45) is 0 Å². The van der Waals surface area contributed by atoms with Gasteiger partial charge in [-0.3, -0.25) is 0 Å². The van der Waals surface area contributed by atoms with Crippen LogP contribution >= 0.6 is 0 Å². The van der Waals surface area contributed by atoms with Crippen LogP contribution in [0.3, 0.4) is 0 Å². The molecule has 3 nitrogen and oxygen atoms in total. The van der Waals surface area contributed by atoms with Gasteiger partial charge in [0.25, 0.3) is 0 Å². The van der Waals surface area contributed by atoms with Gasteiger partial charge in [-0.1, -0.05) is 47.6 Å². The van der Waals surface area contributed by atoms with E-state index in [1.807, 2.05) is 32.9 Å². The van der Waals surface area contributed by atoms with Crippen LogP contribution in [0, 0.1) is 0 Å². The van der Waals surface area contributed by atoms with E-state index < -0.39 is 5.97 Å². The molecule has 0 aliphatic heterocycles. The Labute approximate surface area is 126 Å². The standard InChI is InChI=1S/C18H24O3/c1-7-18(5,6)11-8-9-13-12(10-11)14(17(2,3)4)15(21-13)16(19)20/h8-10H,7H2,1-6H3,(H,19,20). The van der Waals surface area contributed by atoms with Gasteiger partial charge in [0.05, 0.1) is 0 Å². The van der Waals surface area contributed by atoms with E-state index in [4.69, 9.17) is 4.42 Å². The van der Waals surface area contributed by atoms with Crippen LogP contribution in [0.25, 0.3) is 11.0 Å². The molecule has 1 N–H and O–H groups in total. The summed E-state index contributed by atoms with van der Waals surface area (Å²) in [4.78, 5) is 11.5. The maximum absolute atomic E-state index is 11.5. The van der Waals surface area contributed by atoms with Crippen LogP contribution in [0.1, 0.15) is 69.6 Å². The first kappa shape index (κ1) is 15.6. The first-order valence-corrected chi connectivity index (χ1v) is 7.38. The summed E-state index contributed by atoms with van der Waals surface area (Å²) in [6, 6.07) is 6.02. The van der Waals surface area contributed by atoms with Crippen LogP contribution in [-0.4, -0.2) is 11.1 Å². The van der Waals surface area contributed by atoms with Crippen LogP contribution in [0.15, 0.2) is 22.6 Å². The Morgan fingerprint density at radius 1 is 1.19 bits per heavy atom. The fraction of sp³-hybridized carbons (Fsp3) is 0.500. The molecule has 0 amide bonds. The highest BCUT2D eigenvalue weighted by atomic mass is 16.4. The SMILES string of the molecule is CCC(C)(C)c1ccc2oc(C(=O)O)c(C(C)(C)C)c2c1. The van der Waals surface area contributed by atoms with Crippen LogP contribution in [0.5, 0.6) is 0 Å². The van der Waals surface area contributed by atoms with Crippen molar-refractivity contribution in [2.45, 2.75) is 58.8 Å². The second-order valence-corrected chi connectivity index (χ2v) is 7.31. The summed E-state index contributed by atoms with van der Waals surface area (Å²) >= 11 is 0. The van der Waals surface area contributed by atoms with Crippen LogP contribution in [0.4, 0.5) is 0 Å². The summed E-state index contributed by atoms with van der Waals surface area (Å²) in [5, 5.41) is 10.3. The molecule has 0 atom stereocenters. The van der Waals surface area contributed by atoms with Crippen molar-refractivity contribution >= 4 is 16.9 Å². The fourth-order valence-electron chi connectivity index (χ4n) is 2.62. The molecule has 0 spiro atoms. The molecule has 0 saturated heterocycles. The maximum atomic E-state index is 11.5. The van der Waals surface area contributed by atoms with Crippen molar-refractivity contribution in [1.82, 2.24) is 0 Å². The normalized spacial score (nSPS) is 12.9. The Morgan fingerprint density at radius 3 is 2.29 bits per heavy atom.